The van der Waals surface area contributed by atoms with Gasteiger partial charge >= 0.3 is 0 Å². The predicted octanol–water partition coefficient (Wildman–Crippen LogP) is 2.77. The van der Waals surface area contributed by atoms with Crippen LogP contribution >= 0.6 is 11.3 Å². The normalized spacial score (nSPS) is 25.0. The highest BCUT2D eigenvalue weighted by Gasteiger charge is 2.36. The third-order valence-electron chi connectivity index (χ3n) is 4.82. The lowest BCUT2D eigenvalue weighted by Crippen LogP contribution is -2.53. The van der Waals surface area contributed by atoms with Crippen LogP contribution < -0.4 is 5.73 Å². The van der Waals surface area contributed by atoms with E-state index in [1.165, 1.54) is 37.2 Å². The maximum Gasteiger partial charge on any atom is 0.0348 e. The van der Waals surface area contributed by atoms with E-state index in [9.17, 15) is 0 Å². The molecule has 0 aromatic carbocycles. The van der Waals surface area contributed by atoms with Crippen molar-refractivity contribution in [2.45, 2.75) is 45.2 Å². The standard InChI is InChI=1S/C16H29N3S/c1-3-18-10-6-8-16(14-17,9-11-18)19(4-2)13-15-7-5-12-20-15/h5,7,12H,3-4,6,8-11,13-14,17H2,1-2H3. The maximum absolute atomic E-state index is 6.24. The van der Waals surface area contributed by atoms with E-state index in [0.717, 1.165) is 26.2 Å². The van der Waals surface area contributed by atoms with E-state index < -0.39 is 0 Å². The Kier molecular flexibility index (Phi) is 6.02. The Balaban J connectivity index is 2.10. The number of hydrogen-bond acceptors (Lipinski definition) is 4. The average Bonchev–Trinajstić information content (AvgIpc) is 2.90. The molecule has 1 atom stereocenters. The molecule has 0 spiro atoms. The third-order valence-corrected chi connectivity index (χ3v) is 5.68. The van der Waals surface area contributed by atoms with E-state index in [4.69, 9.17) is 5.73 Å². The topological polar surface area (TPSA) is 32.5 Å². The summed E-state index contributed by atoms with van der Waals surface area (Å²) < 4.78 is 0. The minimum atomic E-state index is 0.197. The molecule has 4 heteroatoms. The van der Waals surface area contributed by atoms with Gasteiger partial charge in [-0.1, -0.05) is 19.9 Å². The molecule has 20 heavy (non-hydrogen) atoms. The molecule has 1 saturated heterocycles. The maximum atomic E-state index is 6.24. The van der Waals surface area contributed by atoms with E-state index in [1.807, 2.05) is 11.3 Å². The molecule has 2 heterocycles. The summed E-state index contributed by atoms with van der Waals surface area (Å²) >= 11 is 1.86. The molecule has 0 saturated carbocycles. The molecule has 1 aliphatic rings. The second-order valence-electron chi connectivity index (χ2n) is 5.81. The molecule has 114 valence electrons. The van der Waals surface area contributed by atoms with Gasteiger partial charge in [0.1, 0.15) is 0 Å². The highest BCUT2D eigenvalue weighted by Crippen LogP contribution is 2.30. The van der Waals surface area contributed by atoms with Gasteiger partial charge in [0.05, 0.1) is 0 Å². The summed E-state index contributed by atoms with van der Waals surface area (Å²) in [6.07, 6.45) is 3.71. The van der Waals surface area contributed by atoms with Crippen LogP contribution in [0.3, 0.4) is 0 Å². The largest absolute Gasteiger partial charge is 0.329 e. The number of hydrogen-bond donors (Lipinski definition) is 1. The van der Waals surface area contributed by atoms with Crippen LogP contribution in [-0.4, -0.2) is 48.1 Å². The van der Waals surface area contributed by atoms with Gasteiger partial charge in [-0.3, -0.25) is 4.90 Å². The number of nitrogens with two attached hydrogens (primary N) is 1. The monoisotopic (exact) mass is 295 g/mol. The molecule has 2 N–H and O–H groups in total. The van der Waals surface area contributed by atoms with Gasteiger partial charge in [0.25, 0.3) is 0 Å². The molecule has 1 fully saturated rings. The minimum absolute atomic E-state index is 0.197. The van der Waals surface area contributed by atoms with Crippen LogP contribution in [0, 0.1) is 0 Å². The van der Waals surface area contributed by atoms with Crippen LogP contribution in [0.2, 0.25) is 0 Å². The van der Waals surface area contributed by atoms with Crippen LogP contribution in [0.25, 0.3) is 0 Å². The Bertz CT molecular complexity index is 379. The molecule has 1 unspecified atom stereocenters. The van der Waals surface area contributed by atoms with E-state index in [2.05, 4.69) is 41.2 Å². The van der Waals surface area contributed by atoms with Gasteiger partial charge in [0, 0.05) is 23.5 Å². The average molecular weight is 295 g/mol. The fourth-order valence-corrected chi connectivity index (χ4v) is 4.13. The lowest BCUT2D eigenvalue weighted by molar-refractivity contribution is 0.0767. The lowest BCUT2D eigenvalue weighted by atomic mass is 9.88. The number of likely N-dealkylation sites (tertiary alicyclic amines) is 1. The Morgan fingerprint density at radius 3 is 2.80 bits per heavy atom. The van der Waals surface area contributed by atoms with Gasteiger partial charge in [-0.15, -0.1) is 11.3 Å². The van der Waals surface area contributed by atoms with Crippen molar-refractivity contribution in [2.75, 3.05) is 32.7 Å². The zero-order valence-electron chi connectivity index (χ0n) is 13.0. The molecule has 0 amide bonds. The quantitative estimate of drug-likeness (QED) is 0.876. The zero-order chi connectivity index (χ0) is 14.4. The summed E-state index contributed by atoms with van der Waals surface area (Å²) in [6.45, 7) is 11.0. The molecule has 2 rings (SSSR count). The number of rotatable bonds is 6. The van der Waals surface area contributed by atoms with E-state index in [-0.39, 0.29) is 5.54 Å². The first-order chi connectivity index (χ1) is 9.74. The molecular formula is C16H29N3S. The number of thiophene rings is 1. The van der Waals surface area contributed by atoms with Gasteiger partial charge in [0.2, 0.25) is 0 Å². The first-order valence-corrected chi connectivity index (χ1v) is 8.82. The Morgan fingerprint density at radius 1 is 1.35 bits per heavy atom. The van der Waals surface area contributed by atoms with Gasteiger partial charge in [0.15, 0.2) is 0 Å². The molecule has 0 radical (unpaired) electrons. The van der Waals surface area contributed by atoms with Crippen LogP contribution in [0.4, 0.5) is 0 Å². The fraction of sp³-hybridized carbons (Fsp3) is 0.750. The van der Waals surface area contributed by atoms with E-state index in [1.54, 1.807) is 0 Å². The van der Waals surface area contributed by atoms with Crippen molar-refractivity contribution in [3.8, 4) is 0 Å². The van der Waals surface area contributed by atoms with Crippen molar-refractivity contribution in [1.82, 2.24) is 9.80 Å². The van der Waals surface area contributed by atoms with E-state index in [0.29, 0.717) is 0 Å². The zero-order valence-corrected chi connectivity index (χ0v) is 13.8. The van der Waals surface area contributed by atoms with Crippen molar-refractivity contribution in [1.29, 1.82) is 0 Å². The highest BCUT2D eigenvalue weighted by atomic mass is 32.1. The van der Waals surface area contributed by atoms with Gasteiger partial charge in [-0.05, 0) is 56.9 Å². The van der Waals surface area contributed by atoms with Crippen LogP contribution in [-0.2, 0) is 6.54 Å². The summed E-state index contributed by atoms with van der Waals surface area (Å²) in [5.41, 5.74) is 6.44. The van der Waals surface area contributed by atoms with Crippen LogP contribution in [0.1, 0.15) is 38.0 Å². The van der Waals surface area contributed by atoms with Gasteiger partial charge < -0.3 is 10.6 Å². The van der Waals surface area contributed by atoms with Crippen LogP contribution in [0.15, 0.2) is 17.5 Å². The van der Waals surface area contributed by atoms with Crippen LogP contribution in [0.5, 0.6) is 0 Å². The van der Waals surface area contributed by atoms with Crippen molar-refractivity contribution in [3.05, 3.63) is 22.4 Å². The minimum Gasteiger partial charge on any atom is -0.329 e. The van der Waals surface area contributed by atoms with Crippen molar-refractivity contribution in [3.63, 3.8) is 0 Å². The second-order valence-corrected chi connectivity index (χ2v) is 6.84. The smallest absolute Gasteiger partial charge is 0.0348 e. The summed E-state index contributed by atoms with van der Waals surface area (Å²) in [5.74, 6) is 0. The molecule has 0 bridgehead atoms. The van der Waals surface area contributed by atoms with Crippen molar-refractivity contribution < 1.29 is 0 Å². The molecular weight excluding hydrogens is 266 g/mol. The highest BCUT2D eigenvalue weighted by molar-refractivity contribution is 7.09. The molecule has 1 aliphatic heterocycles. The number of nitrogens with zero attached hydrogens (tertiary/aromatic N) is 2. The summed E-state index contributed by atoms with van der Waals surface area (Å²) in [7, 11) is 0. The molecule has 0 aliphatic carbocycles. The first-order valence-electron chi connectivity index (χ1n) is 7.94. The van der Waals surface area contributed by atoms with Gasteiger partial charge in [-0.2, -0.15) is 0 Å². The third kappa shape index (κ3) is 3.61. The summed E-state index contributed by atoms with van der Waals surface area (Å²) in [4.78, 5) is 6.64. The van der Waals surface area contributed by atoms with E-state index >= 15 is 0 Å². The first kappa shape index (κ1) is 16.0. The molecule has 1 aromatic heterocycles. The Hall–Kier alpha value is -0.420. The molecule has 1 aromatic rings. The Labute approximate surface area is 127 Å². The van der Waals surface area contributed by atoms with Gasteiger partial charge in [-0.25, -0.2) is 0 Å². The van der Waals surface area contributed by atoms with Crippen molar-refractivity contribution >= 4 is 11.3 Å². The summed E-state index contributed by atoms with van der Waals surface area (Å²) in [5, 5.41) is 2.17. The Morgan fingerprint density at radius 2 is 2.20 bits per heavy atom. The second kappa shape index (κ2) is 7.55. The summed E-state index contributed by atoms with van der Waals surface area (Å²) in [6, 6.07) is 4.39. The fourth-order valence-electron chi connectivity index (χ4n) is 3.41. The SMILES string of the molecule is CCN1CCCC(CN)(N(CC)Cc2cccs2)CC1. The number of likely N-dealkylation sites (N-methyl/N-ethyl adjacent to an activating group) is 1. The molecule has 3 nitrogen and oxygen atoms in total. The lowest BCUT2D eigenvalue weighted by Gasteiger charge is -2.42. The van der Waals surface area contributed by atoms with Crippen molar-refractivity contribution in [2.24, 2.45) is 5.73 Å². The predicted molar refractivity (Wildman–Crippen MR) is 88.2 cm³/mol.